The Kier molecular flexibility index (Phi) is 2.88. The fraction of sp³-hybridized carbons (Fsp3) is 0.909. The number of hydrogen-bond acceptors (Lipinski definition) is 3. The van der Waals surface area contributed by atoms with Crippen molar-refractivity contribution < 1.29 is 14.3 Å². The molecule has 0 aromatic heterocycles. The molecule has 2 fully saturated rings. The van der Waals surface area contributed by atoms with E-state index in [0.717, 1.165) is 19.3 Å². The number of rotatable bonds is 2. The summed E-state index contributed by atoms with van der Waals surface area (Å²) in [6.45, 7) is 3.03. The molecule has 2 aliphatic rings. The molecular formula is C11H18O3. The van der Waals surface area contributed by atoms with E-state index in [-0.39, 0.29) is 11.7 Å². The van der Waals surface area contributed by atoms with Crippen LogP contribution in [-0.2, 0) is 14.3 Å². The average Bonchev–Trinajstić information content (AvgIpc) is 2.58. The first-order valence-corrected chi connectivity index (χ1v) is 5.50. The molecule has 0 aromatic carbocycles. The fourth-order valence-electron chi connectivity index (χ4n) is 2.64. The molecule has 3 heteroatoms. The lowest BCUT2D eigenvalue weighted by Gasteiger charge is -2.38. The highest BCUT2D eigenvalue weighted by Gasteiger charge is 2.45. The van der Waals surface area contributed by atoms with Crippen molar-refractivity contribution in [3.63, 3.8) is 0 Å². The largest absolute Gasteiger partial charge is 0.347 e. The predicted molar refractivity (Wildman–Crippen MR) is 51.9 cm³/mol. The zero-order valence-corrected chi connectivity index (χ0v) is 8.75. The Morgan fingerprint density at radius 2 is 2.07 bits per heavy atom. The summed E-state index contributed by atoms with van der Waals surface area (Å²) < 4.78 is 11.4. The molecule has 80 valence electrons. The number of hydrogen-bond donors (Lipinski definition) is 0. The van der Waals surface area contributed by atoms with Crippen molar-refractivity contribution in [2.45, 2.75) is 44.8 Å². The van der Waals surface area contributed by atoms with Crippen molar-refractivity contribution in [2.24, 2.45) is 5.92 Å². The van der Waals surface area contributed by atoms with Gasteiger partial charge in [0.2, 0.25) is 0 Å². The third-order valence-electron chi connectivity index (χ3n) is 3.26. The van der Waals surface area contributed by atoms with Crippen LogP contribution in [0, 0.1) is 5.92 Å². The summed E-state index contributed by atoms with van der Waals surface area (Å²) in [6.07, 6.45) is 5.01. The summed E-state index contributed by atoms with van der Waals surface area (Å²) in [7, 11) is 0. The molecule has 0 radical (unpaired) electrons. The second kappa shape index (κ2) is 3.99. The second-order valence-corrected chi connectivity index (χ2v) is 4.36. The van der Waals surface area contributed by atoms with Gasteiger partial charge in [0.25, 0.3) is 0 Å². The average molecular weight is 198 g/mol. The number of ether oxygens (including phenoxy) is 2. The summed E-state index contributed by atoms with van der Waals surface area (Å²) in [4.78, 5) is 11.1. The van der Waals surface area contributed by atoms with Crippen LogP contribution in [0.1, 0.15) is 39.0 Å². The molecule has 2 rings (SSSR count). The second-order valence-electron chi connectivity index (χ2n) is 4.36. The van der Waals surface area contributed by atoms with E-state index in [0.29, 0.717) is 19.6 Å². The van der Waals surface area contributed by atoms with Crippen LogP contribution in [0.25, 0.3) is 0 Å². The number of carbonyl (C=O) groups excluding carboxylic acids is 1. The van der Waals surface area contributed by atoms with Crippen molar-refractivity contribution in [3.05, 3.63) is 0 Å². The number of Topliss-reactive ketones (excluding diaryl/α,β-unsaturated/α-hetero) is 1. The summed E-state index contributed by atoms with van der Waals surface area (Å²) in [5.41, 5.74) is 0. The van der Waals surface area contributed by atoms with E-state index in [9.17, 15) is 4.79 Å². The molecule has 3 nitrogen and oxygen atoms in total. The Bertz CT molecular complexity index is 219. The molecule has 1 aliphatic heterocycles. The van der Waals surface area contributed by atoms with Crippen LogP contribution in [0.3, 0.4) is 0 Å². The Morgan fingerprint density at radius 1 is 1.36 bits per heavy atom. The zero-order valence-electron chi connectivity index (χ0n) is 8.75. The van der Waals surface area contributed by atoms with Crippen molar-refractivity contribution in [1.82, 2.24) is 0 Å². The van der Waals surface area contributed by atoms with Crippen LogP contribution < -0.4 is 0 Å². The van der Waals surface area contributed by atoms with Gasteiger partial charge in [-0.3, -0.25) is 0 Å². The summed E-state index contributed by atoms with van der Waals surface area (Å²) in [6, 6.07) is 0. The van der Waals surface area contributed by atoms with Gasteiger partial charge < -0.3 is 14.3 Å². The molecule has 14 heavy (non-hydrogen) atoms. The summed E-state index contributed by atoms with van der Waals surface area (Å²) >= 11 is 0. The minimum atomic E-state index is -0.399. The lowest BCUT2D eigenvalue weighted by molar-refractivity contribution is -0.213. The fourth-order valence-corrected chi connectivity index (χ4v) is 2.64. The number of ketones is 1. The van der Waals surface area contributed by atoms with Gasteiger partial charge in [-0.1, -0.05) is 6.42 Å². The third kappa shape index (κ3) is 1.84. The monoisotopic (exact) mass is 198 g/mol. The van der Waals surface area contributed by atoms with E-state index >= 15 is 0 Å². The van der Waals surface area contributed by atoms with Crippen LogP contribution in [-0.4, -0.2) is 24.8 Å². The minimum absolute atomic E-state index is 0.246. The smallest absolute Gasteiger partial charge is 0.171 e. The highest BCUT2D eigenvalue weighted by atomic mass is 16.7. The molecule has 1 aliphatic carbocycles. The van der Waals surface area contributed by atoms with Gasteiger partial charge in [0.15, 0.2) is 5.79 Å². The van der Waals surface area contributed by atoms with Crippen LogP contribution >= 0.6 is 0 Å². The Labute approximate surface area is 84.8 Å². The van der Waals surface area contributed by atoms with Crippen molar-refractivity contribution >= 4 is 5.78 Å². The van der Waals surface area contributed by atoms with Gasteiger partial charge in [-0.15, -0.1) is 0 Å². The highest BCUT2D eigenvalue weighted by molar-refractivity contribution is 5.75. The molecular weight excluding hydrogens is 180 g/mol. The Hall–Kier alpha value is -0.410. The van der Waals surface area contributed by atoms with E-state index in [2.05, 4.69) is 0 Å². The first-order chi connectivity index (χ1) is 6.73. The SMILES string of the molecule is CC(=O)CC1CCCCC12OCCO2. The maximum Gasteiger partial charge on any atom is 0.171 e. The molecule has 0 bridgehead atoms. The normalized spacial score (nSPS) is 30.8. The van der Waals surface area contributed by atoms with Crippen molar-refractivity contribution in [3.8, 4) is 0 Å². The Balaban J connectivity index is 2.06. The lowest BCUT2D eigenvalue weighted by atomic mass is 9.80. The van der Waals surface area contributed by atoms with Gasteiger partial charge in [-0.25, -0.2) is 0 Å². The molecule has 0 aromatic rings. The first-order valence-electron chi connectivity index (χ1n) is 5.50. The lowest BCUT2D eigenvalue weighted by Crippen LogP contribution is -2.42. The van der Waals surface area contributed by atoms with Gasteiger partial charge in [-0.05, 0) is 19.8 Å². The topological polar surface area (TPSA) is 35.5 Å². The van der Waals surface area contributed by atoms with Gasteiger partial charge >= 0.3 is 0 Å². The van der Waals surface area contributed by atoms with Crippen molar-refractivity contribution in [1.29, 1.82) is 0 Å². The summed E-state index contributed by atoms with van der Waals surface area (Å²) in [5.74, 6) is 0.135. The van der Waals surface area contributed by atoms with Crippen LogP contribution in [0.2, 0.25) is 0 Å². The van der Waals surface area contributed by atoms with Gasteiger partial charge in [-0.2, -0.15) is 0 Å². The van der Waals surface area contributed by atoms with Crippen molar-refractivity contribution in [2.75, 3.05) is 13.2 Å². The van der Waals surface area contributed by atoms with Crippen LogP contribution in [0.4, 0.5) is 0 Å². The van der Waals surface area contributed by atoms with Crippen LogP contribution in [0.5, 0.6) is 0 Å². The molecule has 0 N–H and O–H groups in total. The molecule has 1 spiro atoms. The van der Waals surface area contributed by atoms with Gasteiger partial charge in [0.1, 0.15) is 5.78 Å². The standard InChI is InChI=1S/C11H18O3/c1-9(12)8-10-4-2-3-5-11(10)13-6-7-14-11/h10H,2-8H2,1H3. The molecule has 1 saturated carbocycles. The quantitative estimate of drug-likeness (QED) is 0.679. The predicted octanol–water partition coefficient (Wildman–Crippen LogP) is 1.90. The Morgan fingerprint density at radius 3 is 2.71 bits per heavy atom. The zero-order chi connectivity index (χ0) is 10.0. The van der Waals surface area contributed by atoms with Gasteiger partial charge in [0, 0.05) is 18.8 Å². The molecule has 1 unspecified atom stereocenters. The van der Waals surface area contributed by atoms with E-state index in [1.807, 2.05) is 0 Å². The number of carbonyl (C=O) groups is 1. The van der Waals surface area contributed by atoms with Gasteiger partial charge in [0.05, 0.1) is 13.2 Å². The molecule has 1 saturated heterocycles. The van der Waals surface area contributed by atoms with E-state index in [1.54, 1.807) is 6.92 Å². The minimum Gasteiger partial charge on any atom is -0.347 e. The molecule has 1 atom stereocenters. The molecule has 0 amide bonds. The molecule has 1 heterocycles. The van der Waals surface area contributed by atoms with Crippen LogP contribution in [0.15, 0.2) is 0 Å². The van der Waals surface area contributed by atoms with E-state index in [1.165, 1.54) is 6.42 Å². The van der Waals surface area contributed by atoms with E-state index in [4.69, 9.17) is 9.47 Å². The summed E-state index contributed by atoms with van der Waals surface area (Å²) in [5, 5.41) is 0. The first kappa shape index (κ1) is 10.1. The maximum atomic E-state index is 11.1. The van der Waals surface area contributed by atoms with E-state index < -0.39 is 5.79 Å². The highest BCUT2D eigenvalue weighted by Crippen LogP contribution is 2.42. The maximum absolute atomic E-state index is 11.1. The third-order valence-corrected chi connectivity index (χ3v) is 3.26.